The quantitative estimate of drug-likeness (QED) is 0.691. The van der Waals surface area contributed by atoms with Gasteiger partial charge in [0.2, 0.25) is 5.91 Å². The number of hydrogen-bond acceptors (Lipinski definition) is 4. The smallest absolute Gasteiger partial charge is 0.329 e. The van der Waals surface area contributed by atoms with Gasteiger partial charge in [-0.15, -0.1) is 0 Å². The van der Waals surface area contributed by atoms with Gasteiger partial charge in [-0.25, -0.2) is 4.79 Å². The summed E-state index contributed by atoms with van der Waals surface area (Å²) in [6.07, 6.45) is 5.08. The van der Waals surface area contributed by atoms with Crippen LogP contribution in [0.5, 0.6) is 0 Å². The number of carbonyl (C=O) groups excluding carboxylic acids is 2. The van der Waals surface area contributed by atoms with Crippen molar-refractivity contribution in [1.82, 2.24) is 10.6 Å². The number of amides is 1. The number of hydrogen-bond donors (Lipinski definition) is 2. The third-order valence-electron chi connectivity index (χ3n) is 3.61. The van der Waals surface area contributed by atoms with Gasteiger partial charge in [0.25, 0.3) is 0 Å². The Labute approximate surface area is 109 Å². The van der Waals surface area contributed by atoms with Gasteiger partial charge in [-0.1, -0.05) is 12.8 Å². The van der Waals surface area contributed by atoms with Gasteiger partial charge in [-0.05, 0) is 25.7 Å². The van der Waals surface area contributed by atoms with Gasteiger partial charge in [-0.2, -0.15) is 0 Å². The fourth-order valence-electron chi connectivity index (χ4n) is 2.51. The van der Waals surface area contributed by atoms with E-state index >= 15 is 0 Å². The number of nitrogens with one attached hydrogen (secondary N) is 2. The van der Waals surface area contributed by atoms with Crippen molar-refractivity contribution in [2.75, 3.05) is 13.7 Å². The minimum absolute atomic E-state index is 0.222. The summed E-state index contributed by atoms with van der Waals surface area (Å²) in [5.41, 5.74) is 0. The highest BCUT2D eigenvalue weighted by molar-refractivity contribution is 5.83. The van der Waals surface area contributed by atoms with E-state index in [0.717, 1.165) is 0 Å². The molecule has 0 aromatic rings. The lowest BCUT2D eigenvalue weighted by Gasteiger charge is -2.23. The molecule has 0 heterocycles. The normalized spacial score (nSPS) is 19.3. The fraction of sp³-hybridized carbons (Fsp3) is 0.846. The van der Waals surface area contributed by atoms with Crippen molar-refractivity contribution in [3.63, 3.8) is 0 Å². The number of carbonyl (C=O) groups is 2. The van der Waals surface area contributed by atoms with Gasteiger partial charge >= 0.3 is 5.97 Å². The monoisotopic (exact) mass is 256 g/mol. The lowest BCUT2D eigenvalue weighted by Crippen LogP contribution is -2.49. The molecule has 5 heteroatoms. The van der Waals surface area contributed by atoms with Crippen LogP contribution in [0.25, 0.3) is 0 Å². The summed E-state index contributed by atoms with van der Waals surface area (Å²) < 4.78 is 4.68. The average Bonchev–Trinajstić information content (AvgIpc) is 2.86. The van der Waals surface area contributed by atoms with E-state index in [2.05, 4.69) is 22.3 Å². The van der Waals surface area contributed by atoms with Crippen molar-refractivity contribution >= 4 is 11.9 Å². The summed E-state index contributed by atoms with van der Waals surface area (Å²) in [6, 6.07) is -0.232. The lowest BCUT2D eigenvalue weighted by molar-refractivity contribution is -0.144. The minimum atomic E-state index is -0.601. The van der Waals surface area contributed by atoms with Gasteiger partial charge in [0.15, 0.2) is 0 Å². The molecule has 1 aliphatic carbocycles. The molecule has 0 bridgehead atoms. The van der Waals surface area contributed by atoms with Crippen LogP contribution in [0.2, 0.25) is 0 Å². The second kappa shape index (κ2) is 7.36. The zero-order chi connectivity index (χ0) is 13.5. The summed E-state index contributed by atoms with van der Waals surface area (Å²) in [4.78, 5) is 22.5. The Morgan fingerprint density at radius 1 is 1.33 bits per heavy atom. The Morgan fingerprint density at radius 2 is 1.94 bits per heavy atom. The number of esters is 1. The highest BCUT2D eigenvalue weighted by Gasteiger charge is 2.24. The standard InChI is InChI=1S/C13H24N2O3/c1-9(11-6-4-5-7-11)14-8-12(13(17)18-3)15-10(2)16/h9,11-12,14H,4-8H2,1-3H3,(H,15,16). The highest BCUT2D eigenvalue weighted by Crippen LogP contribution is 2.27. The molecule has 0 aliphatic heterocycles. The summed E-state index contributed by atoms with van der Waals surface area (Å²) in [5, 5.41) is 5.93. The first-order valence-electron chi connectivity index (χ1n) is 6.63. The zero-order valence-electron chi connectivity index (χ0n) is 11.5. The van der Waals surface area contributed by atoms with Crippen molar-refractivity contribution in [3.8, 4) is 0 Å². The van der Waals surface area contributed by atoms with E-state index in [-0.39, 0.29) is 5.91 Å². The SMILES string of the molecule is COC(=O)C(CNC(C)C1CCCC1)NC(C)=O. The molecule has 5 nitrogen and oxygen atoms in total. The average molecular weight is 256 g/mol. The van der Waals surface area contributed by atoms with Crippen LogP contribution in [0.1, 0.15) is 39.5 Å². The lowest BCUT2D eigenvalue weighted by atomic mass is 9.99. The second-order valence-electron chi connectivity index (χ2n) is 5.02. The predicted octanol–water partition coefficient (Wildman–Crippen LogP) is 0.832. The summed E-state index contributed by atoms with van der Waals surface area (Å²) in [7, 11) is 1.33. The van der Waals surface area contributed by atoms with E-state index in [0.29, 0.717) is 18.5 Å². The zero-order valence-corrected chi connectivity index (χ0v) is 11.5. The van der Waals surface area contributed by atoms with Crippen LogP contribution in [-0.2, 0) is 14.3 Å². The van der Waals surface area contributed by atoms with Gasteiger partial charge in [0.1, 0.15) is 6.04 Å². The maximum atomic E-state index is 11.5. The van der Waals surface area contributed by atoms with Gasteiger partial charge < -0.3 is 15.4 Å². The molecular weight excluding hydrogens is 232 g/mol. The number of methoxy groups -OCH3 is 1. The maximum Gasteiger partial charge on any atom is 0.329 e. The Hall–Kier alpha value is -1.10. The molecule has 2 N–H and O–H groups in total. The first-order valence-corrected chi connectivity index (χ1v) is 6.63. The number of rotatable bonds is 6. The van der Waals surface area contributed by atoms with E-state index in [1.54, 1.807) is 0 Å². The van der Waals surface area contributed by atoms with Gasteiger partial charge in [0, 0.05) is 19.5 Å². The third-order valence-corrected chi connectivity index (χ3v) is 3.61. The van der Waals surface area contributed by atoms with Crippen molar-refractivity contribution in [2.45, 2.75) is 51.6 Å². The van der Waals surface area contributed by atoms with E-state index in [1.165, 1.54) is 39.7 Å². The first kappa shape index (κ1) is 15.0. The van der Waals surface area contributed by atoms with Crippen molar-refractivity contribution in [3.05, 3.63) is 0 Å². The van der Waals surface area contributed by atoms with Crippen LogP contribution in [0, 0.1) is 5.92 Å². The molecule has 0 aromatic carbocycles. The second-order valence-corrected chi connectivity index (χ2v) is 5.02. The Bertz CT molecular complexity index is 288. The molecule has 1 amide bonds. The predicted molar refractivity (Wildman–Crippen MR) is 69.0 cm³/mol. The van der Waals surface area contributed by atoms with Crippen LogP contribution < -0.4 is 10.6 Å². The summed E-state index contributed by atoms with van der Waals surface area (Å²) >= 11 is 0. The molecule has 1 saturated carbocycles. The first-order chi connectivity index (χ1) is 8.54. The van der Waals surface area contributed by atoms with E-state index in [4.69, 9.17) is 0 Å². The van der Waals surface area contributed by atoms with Crippen molar-refractivity contribution < 1.29 is 14.3 Å². The largest absolute Gasteiger partial charge is 0.467 e. The van der Waals surface area contributed by atoms with Crippen LogP contribution >= 0.6 is 0 Å². The molecule has 2 unspecified atom stereocenters. The Kier molecular flexibility index (Phi) is 6.12. The van der Waals surface area contributed by atoms with Crippen LogP contribution in [0.15, 0.2) is 0 Å². The maximum absolute atomic E-state index is 11.5. The molecule has 18 heavy (non-hydrogen) atoms. The minimum Gasteiger partial charge on any atom is -0.467 e. The van der Waals surface area contributed by atoms with E-state index < -0.39 is 12.0 Å². The summed E-state index contributed by atoms with van der Waals surface area (Å²) in [5.74, 6) is 0.0534. The topological polar surface area (TPSA) is 67.4 Å². The fourth-order valence-corrected chi connectivity index (χ4v) is 2.51. The molecule has 1 aliphatic rings. The van der Waals surface area contributed by atoms with E-state index in [1.807, 2.05) is 0 Å². The Morgan fingerprint density at radius 3 is 2.44 bits per heavy atom. The third kappa shape index (κ3) is 4.64. The van der Waals surface area contributed by atoms with Crippen LogP contribution in [0.3, 0.4) is 0 Å². The molecule has 104 valence electrons. The van der Waals surface area contributed by atoms with Crippen molar-refractivity contribution in [1.29, 1.82) is 0 Å². The molecule has 1 fully saturated rings. The van der Waals surface area contributed by atoms with E-state index in [9.17, 15) is 9.59 Å². The van der Waals surface area contributed by atoms with Crippen LogP contribution in [-0.4, -0.2) is 37.6 Å². The molecule has 0 aromatic heterocycles. The summed E-state index contributed by atoms with van der Waals surface area (Å²) in [6.45, 7) is 3.96. The molecule has 0 spiro atoms. The number of ether oxygens (including phenoxy) is 1. The van der Waals surface area contributed by atoms with Gasteiger partial charge in [-0.3, -0.25) is 4.79 Å². The van der Waals surface area contributed by atoms with Gasteiger partial charge in [0.05, 0.1) is 7.11 Å². The molecular formula is C13H24N2O3. The molecule has 2 atom stereocenters. The van der Waals surface area contributed by atoms with Crippen molar-refractivity contribution in [2.24, 2.45) is 5.92 Å². The molecule has 1 rings (SSSR count). The highest BCUT2D eigenvalue weighted by atomic mass is 16.5. The Balaban J connectivity index is 2.40. The van der Waals surface area contributed by atoms with Crippen LogP contribution in [0.4, 0.5) is 0 Å². The molecule has 0 radical (unpaired) electrons. The molecule has 0 saturated heterocycles.